The van der Waals surface area contributed by atoms with Gasteiger partial charge in [0.25, 0.3) is 0 Å². The molecule has 0 saturated carbocycles. The standard InChI is InChI=1S/C23H19N3/c1-17-21(20-14-8-9-15-22(20)25-17)16-24-26-23(18-10-4-2-5-11-18)19-12-6-3-7-13-19/h2-16,25H,1H3. The van der Waals surface area contributed by atoms with Crippen molar-refractivity contribution in [2.24, 2.45) is 10.2 Å². The van der Waals surface area contributed by atoms with Crippen LogP contribution in [0.4, 0.5) is 0 Å². The number of aromatic amines is 1. The van der Waals surface area contributed by atoms with Gasteiger partial charge in [-0.25, -0.2) is 0 Å². The van der Waals surface area contributed by atoms with Gasteiger partial charge in [-0.1, -0.05) is 78.9 Å². The third-order valence-corrected chi connectivity index (χ3v) is 4.38. The van der Waals surface area contributed by atoms with E-state index in [1.165, 1.54) is 0 Å². The van der Waals surface area contributed by atoms with Crippen molar-refractivity contribution in [2.75, 3.05) is 0 Å². The van der Waals surface area contributed by atoms with Gasteiger partial charge in [-0.3, -0.25) is 0 Å². The summed E-state index contributed by atoms with van der Waals surface area (Å²) in [6.07, 6.45) is 1.83. The fraction of sp³-hybridized carbons (Fsp3) is 0.0435. The first-order valence-electron chi connectivity index (χ1n) is 8.62. The highest BCUT2D eigenvalue weighted by molar-refractivity contribution is 6.13. The number of hydrogen-bond donors (Lipinski definition) is 1. The van der Waals surface area contributed by atoms with Gasteiger partial charge in [-0.05, 0) is 13.0 Å². The molecule has 0 fully saturated rings. The zero-order valence-corrected chi connectivity index (χ0v) is 14.6. The molecule has 4 rings (SSSR count). The number of nitrogens with zero attached hydrogens (tertiary/aromatic N) is 2. The van der Waals surface area contributed by atoms with E-state index >= 15 is 0 Å². The number of nitrogens with one attached hydrogen (secondary N) is 1. The van der Waals surface area contributed by atoms with E-state index < -0.39 is 0 Å². The third kappa shape index (κ3) is 3.20. The minimum Gasteiger partial charge on any atom is -0.358 e. The van der Waals surface area contributed by atoms with E-state index in [9.17, 15) is 0 Å². The molecule has 0 atom stereocenters. The normalized spacial score (nSPS) is 11.1. The van der Waals surface area contributed by atoms with Gasteiger partial charge < -0.3 is 4.98 Å². The molecule has 0 bridgehead atoms. The molecule has 0 aliphatic carbocycles. The number of aryl methyl sites for hydroxylation is 1. The number of benzene rings is 3. The molecule has 1 aromatic heterocycles. The largest absolute Gasteiger partial charge is 0.358 e. The molecule has 0 amide bonds. The van der Waals surface area contributed by atoms with Crippen molar-refractivity contribution in [1.29, 1.82) is 0 Å². The average molecular weight is 337 g/mol. The third-order valence-electron chi connectivity index (χ3n) is 4.38. The maximum Gasteiger partial charge on any atom is 0.100 e. The minimum absolute atomic E-state index is 0.861. The maximum atomic E-state index is 4.56. The zero-order chi connectivity index (χ0) is 17.8. The van der Waals surface area contributed by atoms with Crippen molar-refractivity contribution >= 4 is 22.8 Å². The van der Waals surface area contributed by atoms with Crippen LogP contribution in [0, 0.1) is 6.92 Å². The summed E-state index contributed by atoms with van der Waals surface area (Å²) in [4.78, 5) is 3.39. The van der Waals surface area contributed by atoms with Crippen LogP contribution in [0.5, 0.6) is 0 Å². The monoisotopic (exact) mass is 337 g/mol. The van der Waals surface area contributed by atoms with E-state index in [1.54, 1.807) is 0 Å². The molecular weight excluding hydrogens is 318 g/mol. The number of hydrogen-bond acceptors (Lipinski definition) is 2. The molecule has 0 aliphatic heterocycles. The molecule has 1 heterocycles. The Morgan fingerprint density at radius 1 is 0.769 bits per heavy atom. The molecule has 1 N–H and O–H groups in total. The summed E-state index contributed by atoms with van der Waals surface area (Å²) in [5.74, 6) is 0. The van der Waals surface area contributed by atoms with Crippen LogP contribution in [-0.4, -0.2) is 16.9 Å². The minimum atomic E-state index is 0.861. The van der Waals surface area contributed by atoms with Crippen molar-refractivity contribution in [3.05, 3.63) is 107 Å². The topological polar surface area (TPSA) is 40.5 Å². The van der Waals surface area contributed by atoms with Gasteiger partial charge in [-0.15, -0.1) is 5.10 Å². The fourth-order valence-corrected chi connectivity index (χ4v) is 3.08. The number of fused-ring (bicyclic) bond motifs is 1. The lowest BCUT2D eigenvalue weighted by atomic mass is 10.0. The smallest absolute Gasteiger partial charge is 0.100 e. The van der Waals surface area contributed by atoms with Crippen LogP contribution in [0.3, 0.4) is 0 Å². The van der Waals surface area contributed by atoms with Gasteiger partial charge in [0.05, 0.1) is 6.21 Å². The Morgan fingerprint density at radius 3 is 2.00 bits per heavy atom. The van der Waals surface area contributed by atoms with Crippen LogP contribution in [0.1, 0.15) is 22.4 Å². The number of rotatable bonds is 4. The first-order valence-corrected chi connectivity index (χ1v) is 8.62. The predicted octanol–water partition coefficient (Wildman–Crippen LogP) is 5.35. The summed E-state index contributed by atoms with van der Waals surface area (Å²) < 4.78 is 0. The molecule has 0 aliphatic rings. The van der Waals surface area contributed by atoms with Gasteiger partial charge in [-0.2, -0.15) is 5.10 Å². The second-order valence-corrected chi connectivity index (χ2v) is 6.13. The molecule has 0 spiro atoms. The molecule has 126 valence electrons. The van der Waals surface area contributed by atoms with Crippen LogP contribution < -0.4 is 0 Å². The Morgan fingerprint density at radius 2 is 1.35 bits per heavy atom. The van der Waals surface area contributed by atoms with Gasteiger partial charge in [0.15, 0.2) is 0 Å². The summed E-state index contributed by atoms with van der Waals surface area (Å²) in [6.45, 7) is 2.06. The van der Waals surface area contributed by atoms with Crippen molar-refractivity contribution in [1.82, 2.24) is 4.98 Å². The maximum absolute atomic E-state index is 4.56. The number of para-hydroxylation sites is 1. The predicted molar refractivity (Wildman–Crippen MR) is 109 cm³/mol. The van der Waals surface area contributed by atoms with Crippen LogP contribution in [0.2, 0.25) is 0 Å². The Hall–Kier alpha value is -3.46. The average Bonchev–Trinajstić information content (AvgIpc) is 3.02. The Labute approximate surface area is 152 Å². The lowest BCUT2D eigenvalue weighted by Gasteiger charge is -2.05. The van der Waals surface area contributed by atoms with Crippen LogP contribution in [-0.2, 0) is 0 Å². The van der Waals surface area contributed by atoms with E-state index in [0.29, 0.717) is 0 Å². The first kappa shape index (κ1) is 16.0. The number of H-pyrrole nitrogens is 1. The molecular formula is C23H19N3. The molecule has 4 aromatic rings. The summed E-state index contributed by atoms with van der Waals surface area (Å²) in [6, 6.07) is 28.5. The SMILES string of the molecule is Cc1[nH]c2ccccc2c1C=NN=C(c1ccccc1)c1ccccc1. The zero-order valence-electron chi connectivity index (χ0n) is 14.6. The van der Waals surface area contributed by atoms with Crippen molar-refractivity contribution in [3.8, 4) is 0 Å². The van der Waals surface area contributed by atoms with Crippen molar-refractivity contribution < 1.29 is 0 Å². The molecule has 3 aromatic carbocycles. The molecule has 0 unspecified atom stereocenters. The molecule has 3 heteroatoms. The summed E-state index contributed by atoms with van der Waals surface area (Å²) in [5.41, 5.74) is 6.23. The highest BCUT2D eigenvalue weighted by Crippen LogP contribution is 2.20. The van der Waals surface area contributed by atoms with Crippen LogP contribution >= 0.6 is 0 Å². The molecule has 3 nitrogen and oxygen atoms in total. The highest BCUT2D eigenvalue weighted by atomic mass is 15.2. The van der Waals surface area contributed by atoms with Crippen molar-refractivity contribution in [3.63, 3.8) is 0 Å². The van der Waals surface area contributed by atoms with Crippen LogP contribution in [0.15, 0.2) is 95.1 Å². The van der Waals surface area contributed by atoms with Gasteiger partial charge in [0, 0.05) is 33.3 Å². The lowest BCUT2D eigenvalue weighted by Crippen LogP contribution is -2.02. The van der Waals surface area contributed by atoms with E-state index in [1.807, 2.05) is 54.7 Å². The number of aromatic nitrogens is 1. The Kier molecular flexibility index (Phi) is 4.44. The highest BCUT2D eigenvalue weighted by Gasteiger charge is 2.07. The summed E-state index contributed by atoms with van der Waals surface area (Å²) >= 11 is 0. The van der Waals surface area contributed by atoms with Gasteiger partial charge in [0.1, 0.15) is 5.71 Å². The Balaban J connectivity index is 1.76. The van der Waals surface area contributed by atoms with Gasteiger partial charge >= 0.3 is 0 Å². The fourth-order valence-electron chi connectivity index (χ4n) is 3.08. The van der Waals surface area contributed by atoms with Crippen molar-refractivity contribution in [2.45, 2.75) is 6.92 Å². The van der Waals surface area contributed by atoms with E-state index in [4.69, 9.17) is 0 Å². The Bertz CT molecular complexity index is 1030. The van der Waals surface area contributed by atoms with Gasteiger partial charge in [0.2, 0.25) is 0 Å². The van der Waals surface area contributed by atoms with Crippen LogP contribution in [0.25, 0.3) is 10.9 Å². The van der Waals surface area contributed by atoms with E-state index in [2.05, 4.69) is 58.5 Å². The molecule has 0 saturated heterocycles. The second-order valence-electron chi connectivity index (χ2n) is 6.13. The van der Waals surface area contributed by atoms with E-state index in [-0.39, 0.29) is 0 Å². The van der Waals surface area contributed by atoms with E-state index in [0.717, 1.165) is 39.0 Å². The summed E-state index contributed by atoms with van der Waals surface area (Å²) in [5, 5.41) is 10.1. The second kappa shape index (κ2) is 7.19. The first-order chi connectivity index (χ1) is 12.8. The molecule has 0 radical (unpaired) electrons. The quantitative estimate of drug-likeness (QED) is 0.385. The molecule has 26 heavy (non-hydrogen) atoms. The lowest BCUT2D eigenvalue weighted by molar-refractivity contribution is 1.23. The summed E-state index contributed by atoms with van der Waals surface area (Å²) in [7, 11) is 0.